The maximum Gasteiger partial charge on any atom is 0.152 e. The van der Waals surface area contributed by atoms with Gasteiger partial charge in [-0.3, -0.25) is 4.68 Å². The second-order valence-electron chi connectivity index (χ2n) is 6.29. The Morgan fingerprint density at radius 3 is 2.40 bits per heavy atom. The molecule has 0 aliphatic rings. The SMILES string of the molecule is CCc1nc([C@H](C)n2nc(C)cc2C)n(Cc2ccc(OC)cc2)n1. The van der Waals surface area contributed by atoms with Gasteiger partial charge < -0.3 is 4.74 Å². The van der Waals surface area contributed by atoms with Crippen molar-refractivity contribution in [2.45, 2.75) is 46.7 Å². The van der Waals surface area contributed by atoms with Crippen LogP contribution in [-0.4, -0.2) is 31.7 Å². The van der Waals surface area contributed by atoms with Gasteiger partial charge in [-0.2, -0.15) is 10.2 Å². The van der Waals surface area contributed by atoms with Crippen molar-refractivity contribution in [3.63, 3.8) is 0 Å². The monoisotopic (exact) mass is 339 g/mol. The predicted octanol–water partition coefficient (Wildman–Crippen LogP) is 3.32. The summed E-state index contributed by atoms with van der Waals surface area (Å²) in [6, 6.07) is 10.2. The number of hydrogen-bond acceptors (Lipinski definition) is 4. The van der Waals surface area contributed by atoms with Crippen molar-refractivity contribution >= 4 is 0 Å². The van der Waals surface area contributed by atoms with Crippen molar-refractivity contribution in [2.75, 3.05) is 7.11 Å². The van der Waals surface area contributed by atoms with Gasteiger partial charge in [-0.05, 0) is 44.5 Å². The molecule has 0 aliphatic heterocycles. The molecule has 0 saturated heterocycles. The lowest BCUT2D eigenvalue weighted by Gasteiger charge is -2.15. The Hall–Kier alpha value is -2.63. The Bertz CT molecular complexity index is 847. The van der Waals surface area contributed by atoms with E-state index in [0.29, 0.717) is 6.54 Å². The summed E-state index contributed by atoms with van der Waals surface area (Å²) in [7, 11) is 1.67. The number of aryl methyl sites for hydroxylation is 3. The first-order chi connectivity index (χ1) is 12.0. The van der Waals surface area contributed by atoms with E-state index in [1.165, 1.54) is 0 Å². The van der Waals surface area contributed by atoms with E-state index in [4.69, 9.17) is 9.72 Å². The number of hydrogen-bond donors (Lipinski definition) is 0. The fourth-order valence-electron chi connectivity index (χ4n) is 3.03. The first kappa shape index (κ1) is 17.2. The van der Waals surface area contributed by atoms with Gasteiger partial charge in [-0.25, -0.2) is 9.67 Å². The summed E-state index contributed by atoms with van der Waals surface area (Å²) in [5, 5.41) is 9.29. The molecule has 6 nitrogen and oxygen atoms in total. The molecule has 3 aromatic rings. The van der Waals surface area contributed by atoms with Crippen LogP contribution in [0.5, 0.6) is 5.75 Å². The molecule has 0 spiro atoms. The van der Waals surface area contributed by atoms with E-state index < -0.39 is 0 Å². The third kappa shape index (κ3) is 3.57. The molecule has 1 atom stereocenters. The van der Waals surface area contributed by atoms with Crippen LogP contribution in [0.1, 0.15) is 48.5 Å². The Morgan fingerprint density at radius 1 is 1.12 bits per heavy atom. The standard InChI is InChI=1S/C19H25N5O/c1-6-18-20-19(15(4)24-14(3)11-13(2)21-24)23(22-18)12-16-7-9-17(25-5)10-8-16/h7-11,15H,6,12H2,1-5H3/t15-/m0/s1. The van der Waals surface area contributed by atoms with E-state index >= 15 is 0 Å². The normalized spacial score (nSPS) is 12.4. The summed E-state index contributed by atoms with van der Waals surface area (Å²) >= 11 is 0. The van der Waals surface area contributed by atoms with Crippen molar-refractivity contribution in [3.05, 3.63) is 58.9 Å². The van der Waals surface area contributed by atoms with Crippen molar-refractivity contribution in [3.8, 4) is 5.75 Å². The minimum Gasteiger partial charge on any atom is -0.497 e. The van der Waals surface area contributed by atoms with Gasteiger partial charge in [0.15, 0.2) is 11.6 Å². The third-order valence-electron chi connectivity index (χ3n) is 4.34. The smallest absolute Gasteiger partial charge is 0.152 e. The molecule has 6 heteroatoms. The van der Waals surface area contributed by atoms with Crippen LogP contribution in [-0.2, 0) is 13.0 Å². The average Bonchev–Trinajstić information content (AvgIpc) is 3.17. The molecule has 2 aromatic heterocycles. The quantitative estimate of drug-likeness (QED) is 0.691. The number of ether oxygens (including phenoxy) is 1. The Kier molecular flexibility index (Phi) is 4.88. The van der Waals surface area contributed by atoms with Gasteiger partial charge in [0.2, 0.25) is 0 Å². The van der Waals surface area contributed by atoms with E-state index in [-0.39, 0.29) is 6.04 Å². The van der Waals surface area contributed by atoms with Gasteiger partial charge in [-0.1, -0.05) is 19.1 Å². The van der Waals surface area contributed by atoms with Gasteiger partial charge in [0, 0.05) is 12.1 Å². The average molecular weight is 339 g/mol. The van der Waals surface area contributed by atoms with Crippen molar-refractivity contribution in [1.82, 2.24) is 24.5 Å². The van der Waals surface area contributed by atoms with Crippen LogP contribution in [0.2, 0.25) is 0 Å². The number of aromatic nitrogens is 5. The fourth-order valence-corrected chi connectivity index (χ4v) is 3.03. The summed E-state index contributed by atoms with van der Waals surface area (Å²) in [4.78, 5) is 4.75. The van der Waals surface area contributed by atoms with Crippen LogP contribution in [0, 0.1) is 13.8 Å². The molecule has 0 N–H and O–H groups in total. The van der Waals surface area contributed by atoms with Crippen LogP contribution in [0.15, 0.2) is 30.3 Å². The van der Waals surface area contributed by atoms with Gasteiger partial charge in [0.05, 0.1) is 19.3 Å². The van der Waals surface area contributed by atoms with E-state index in [1.54, 1.807) is 7.11 Å². The summed E-state index contributed by atoms with van der Waals surface area (Å²) < 4.78 is 9.23. The lowest BCUT2D eigenvalue weighted by molar-refractivity contribution is 0.414. The van der Waals surface area contributed by atoms with E-state index in [2.05, 4.69) is 49.2 Å². The minimum atomic E-state index is 0.0275. The molecule has 132 valence electrons. The first-order valence-corrected chi connectivity index (χ1v) is 8.61. The lowest BCUT2D eigenvalue weighted by atomic mass is 10.2. The molecule has 3 rings (SSSR count). The molecule has 0 bridgehead atoms. The summed E-state index contributed by atoms with van der Waals surface area (Å²) in [5.74, 6) is 2.64. The molecule has 0 saturated carbocycles. The third-order valence-corrected chi connectivity index (χ3v) is 4.34. The lowest BCUT2D eigenvalue weighted by Crippen LogP contribution is -2.17. The number of rotatable bonds is 6. The molecular weight excluding hydrogens is 314 g/mol. The summed E-state index contributed by atoms with van der Waals surface area (Å²) in [6.07, 6.45) is 0.812. The van der Waals surface area contributed by atoms with Crippen LogP contribution in [0.25, 0.3) is 0 Å². The van der Waals surface area contributed by atoms with Crippen molar-refractivity contribution in [1.29, 1.82) is 0 Å². The zero-order chi connectivity index (χ0) is 18.0. The second-order valence-corrected chi connectivity index (χ2v) is 6.29. The number of methoxy groups -OCH3 is 1. The van der Waals surface area contributed by atoms with E-state index in [0.717, 1.165) is 40.8 Å². The second kappa shape index (κ2) is 7.09. The number of nitrogens with zero attached hydrogens (tertiary/aromatic N) is 5. The minimum absolute atomic E-state index is 0.0275. The first-order valence-electron chi connectivity index (χ1n) is 8.61. The zero-order valence-electron chi connectivity index (χ0n) is 15.5. The maximum atomic E-state index is 5.23. The largest absolute Gasteiger partial charge is 0.497 e. The molecule has 0 radical (unpaired) electrons. The molecule has 25 heavy (non-hydrogen) atoms. The molecule has 2 heterocycles. The van der Waals surface area contributed by atoms with Crippen LogP contribution in [0.4, 0.5) is 0 Å². The van der Waals surface area contributed by atoms with E-state index in [1.807, 2.05) is 28.4 Å². The van der Waals surface area contributed by atoms with Crippen molar-refractivity contribution < 1.29 is 4.74 Å². The van der Waals surface area contributed by atoms with Gasteiger partial charge >= 0.3 is 0 Å². The fraction of sp³-hybridized carbons (Fsp3) is 0.421. The van der Waals surface area contributed by atoms with Gasteiger partial charge in [-0.15, -0.1) is 0 Å². The topological polar surface area (TPSA) is 57.8 Å². The predicted molar refractivity (Wildman–Crippen MR) is 97.0 cm³/mol. The molecule has 0 fully saturated rings. The number of benzene rings is 1. The van der Waals surface area contributed by atoms with Crippen LogP contribution >= 0.6 is 0 Å². The maximum absolute atomic E-state index is 5.23. The Labute approximate surface area is 148 Å². The summed E-state index contributed by atoms with van der Waals surface area (Å²) in [6.45, 7) is 8.95. The Morgan fingerprint density at radius 2 is 1.84 bits per heavy atom. The van der Waals surface area contributed by atoms with Crippen LogP contribution < -0.4 is 4.74 Å². The molecule has 1 aromatic carbocycles. The van der Waals surface area contributed by atoms with Crippen LogP contribution in [0.3, 0.4) is 0 Å². The molecule has 0 aliphatic carbocycles. The highest BCUT2D eigenvalue weighted by molar-refractivity contribution is 5.27. The van der Waals surface area contributed by atoms with E-state index in [9.17, 15) is 0 Å². The summed E-state index contributed by atoms with van der Waals surface area (Å²) in [5.41, 5.74) is 3.30. The molecule has 0 amide bonds. The van der Waals surface area contributed by atoms with Gasteiger partial charge in [0.25, 0.3) is 0 Å². The highest BCUT2D eigenvalue weighted by atomic mass is 16.5. The highest BCUT2D eigenvalue weighted by Crippen LogP contribution is 2.20. The zero-order valence-corrected chi connectivity index (χ0v) is 15.5. The molecule has 0 unspecified atom stereocenters. The van der Waals surface area contributed by atoms with Crippen molar-refractivity contribution in [2.24, 2.45) is 0 Å². The van der Waals surface area contributed by atoms with Gasteiger partial charge in [0.1, 0.15) is 11.8 Å². The Balaban J connectivity index is 1.93. The highest BCUT2D eigenvalue weighted by Gasteiger charge is 2.20. The molecular formula is C19H25N5O.